The second kappa shape index (κ2) is 4.07. The predicted molar refractivity (Wildman–Crippen MR) is 44.1 cm³/mol. The molecular weight excluding hydrogens is 172 g/mol. The molecule has 0 radical (unpaired) electrons. The summed E-state index contributed by atoms with van der Waals surface area (Å²) >= 11 is 0. The van der Waals surface area contributed by atoms with Crippen LogP contribution in [0.2, 0.25) is 0 Å². The van der Waals surface area contributed by atoms with E-state index in [9.17, 15) is 9.59 Å². The zero-order chi connectivity index (χ0) is 9.68. The second-order valence-electron chi connectivity index (χ2n) is 2.10. The summed E-state index contributed by atoms with van der Waals surface area (Å²) < 4.78 is 0. The monoisotopic (exact) mass is 178 g/mol. The number of H-pyrrole nitrogens is 1. The molecule has 5 nitrogen and oxygen atoms in total. The van der Waals surface area contributed by atoms with Crippen LogP contribution in [0.1, 0.15) is 12.0 Å². The van der Waals surface area contributed by atoms with Crippen LogP contribution in [-0.2, 0) is 4.79 Å². The summed E-state index contributed by atoms with van der Waals surface area (Å²) in [5, 5.41) is 9.07. The van der Waals surface area contributed by atoms with Gasteiger partial charge in [0.15, 0.2) is 5.56 Å². The molecule has 0 fully saturated rings. The van der Waals surface area contributed by atoms with Crippen LogP contribution in [0.4, 0.5) is 0 Å². The number of carbonyl (C=O) groups is 1. The SMILES string of the molecule is O=CCC#Cc1c(O)nc[nH]c1=O. The van der Waals surface area contributed by atoms with Gasteiger partial charge in [0.25, 0.3) is 5.56 Å². The van der Waals surface area contributed by atoms with Crippen LogP contribution in [0.15, 0.2) is 11.1 Å². The summed E-state index contributed by atoms with van der Waals surface area (Å²) in [6.07, 6.45) is 1.70. The fourth-order valence-corrected chi connectivity index (χ4v) is 0.684. The summed E-state index contributed by atoms with van der Waals surface area (Å²) in [6.45, 7) is 0. The minimum atomic E-state index is -0.522. The van der Waals surface area contributed by atoms with Crippen molar-refractivity contribution >= 4 is 6.29 Å². The Labute approximate surface area is 73.4 Å². The van der Waals surface area contributed by atoms with Gasteiger partial charge in [-0.3, -0.25) is 4.79 Å². The number of rotatable bonds is 1. The topological polar surface area (TPSA) is 83.0 Å². The number of hydrogen-bond acceptors (Lipinski definition) is 4. The highest BCUT2D eigenvalue weighted by atomic mass is 16.3. The largest absolute Gasteiger partial charge is 0.492 e. The lowest BCUT2D eigenvalue weighted by Gasteiger charge is -1.91. The highest BCUT2D eigenvalue weighted by Crippen LogP contribution is 2.02. The number of nitrogens with one attached hydrogen (secondary N) is 1. The van der Waals surface area contributed by atoms with Gasteiger partial charge < -0.3 is 14.9 Å². The van der Waals surface area contributed by atoms with E-state index >= 15 is 0 Å². The maximum atomic E-state index is 11.0. The molecule has 0 amide bonds. The fraction of sp³-hybridized carbons (Fsp3) is 0.125. The molecule has 0 saturated carbocycles. The first-order valence-electron chi connectivity index (χ1n) is 3.45. The third-order valence-corrected chi connectivity index (χ3v) is 1.23. The fourth-order valence-electron chi connectivity index (χ4n) is 0.684. The van der Waals surface area contributed by atoms with E-state index in [2.05, 4.69) is 21.8 Å². The van der Waals surface area contributed by atoms with Gasteiger partial charge in [0, 0.05) is 0 Å². The van der Waals surface area contributed by atoms with Gasteiger partial charge in [-0.25, -0.2) is 4.98 Å². The van der Waals surface area contributed by atoms with Crippen molar-refractivity contribution in [3.8, 4) is 17.7 Å². The zero-order valence-electron chi connectivity index (χ0n) is 6.57. The van der Waals surface area contributed by atoms with E-state index in [4.69, 9.17) is 5.11 Å². The number of aromatic amines is 1. The first-order valence-corrected chi connectivity index (χ1v) is 3.45. The molecule has 2 N–H and O–H groups in total. The predicted octanol–water partition coefficient (Wildman–Crippen LogP) is -0.584. The average molecular weight is 178 g/mol. The molecular formula is C8H6N2O3. The molecule has 0 bridgehead atoms. The molecule has 0 unspecified atom stereocenters. The van der Waals surface area contributed by atoms with E-state index in [1.54, 1.807) is 0 Å². The first kappa shape index (κ1) is 9.00. The maximum Gasteiger partial charge on any atom is 0.270 e. The Morgan fingerprint density at radius 3 is 3.08 bits per heavy atom. The third kappa shape index (κ3) is 2.17. The first-order chi connectivity index (χ1) is 6.25. The minimum Gasteiger partial charge on any atom is -0.492 e. The van der Waals surface area contributed by atoms with E-state index in [1.165, 1.54) is 0 Å². The summed E-state index contributed by atoms with van der Waals surface area (Å²) in [7, 11) is 0. The molecule has 1 rings (SSSR count). The van der Waals surface area contributed by atoms with Gasteiger partial charge in [0.1, 0.15) is 6.29 Å². The highest BCUT2D eigenvalue weighted by Gasteiger charge is 2.02. The van der Waals surface area contributed by atoms with Crippen molar-refractivity contribution < 1.29 is 9.90 Å². The quantitative estimate of drug-likeness (QED) is 0.445. The summed E-state index contributed by atoms with van der Waals surface area (Å²) in [5.41, 5.74) is -0.643. The molecule has 0 atom stereocenters. The smallest absolute Gasteiger partial charge is 0.270 e. The summed E-state index contributed by atoms with van der Waals surface area (Å²) in [6, 6.07) is 0. The Morgan fingerprint density at radius 1 is 1.69 bits per heavy atom. The Kier molecular flexibility index (Phi) is 2.82. The summed E-state index contributed by atoms with van der Waals surface area (Å²) in [5.74, 6) is 4.31. The van der Waals surface area contributed by atoms with Gasteiger partial charge in [-0.15, -0.1) is 0 Å². The number of aromatic nitrogens is 2. The normalized spacial score (nSPS) is 8.62. The van der Waals surface area contributed by atoms with Crippen molar-refractivity contribution in [2.45, 2.75) is 6.42 Å². The molecule has 0 spiro atoms. The highest BCUT2D eigenvalue weighted by molar-refractivity contribution is 5.55. The van der Waals surface area contributed by atoms with Gasteiger partial charge in [-0.2, -0.15) is 0 Å². The van der Waals surface area contributed by atoms with Crippen LogP contribution in [0.5, 0.6) is 5.88 Å². The van der Waals surface area contributed by atoms with Crippen molar-refractivity contribution in [1.82, 2.24) is 9.97 Å². The number of hydrogen-bond donors (Lipinski definition) is 2. The third-order valence-electron chi connectivity index (χ3n) is 1.23. The number of aromatic hydroxyl groups is 1. The van der Waals surface area contributed by atoms with Gasteiger partial charge in [0.05, 0.1) is 12.7 Å². The number of nitrogens with zero attached hydrogens (tertiary/aromatic N) is 1. The molecule has 0 aliphatic heterocycles. The Morgan fingerprint density at radius 2 is 2.46 bits per heavy atom. The lowest BCUT2D eigenvalue weighted by molar-refractivity contribution is -0.107. The molecule has 0 saturated heterocycles. The molecule has 0 aromatic carbocycles. The maximum absolute atomic E-state index is 11.0. The zero-order valence-corrected chi connectivity index (χ0v) is 6.57. The van der Waals surface area contributed by atoms with E-state index in [0.29, 0.717) is 6.29 Å². The van der Waals surface area contributed by atoms with Gasteiger partial charge >= 0.3 is 0 Å². The van der Waals surface area contributed by atoms with E-state index in [1.807, 2.05) is 0 Å². The lowest BCUT2D eigenvalue weighted by Crippen LogP contribution is -2.09. The van der Waals surface area contributed by atoms with Gasteiger partial charge in [0.2, 0.25) is 5.88 Å². The molecule has 13 heavy (non-hydrogen) atoms. The van der Waals surface area contributed by atoms with Crippen molar-refractivity contribution in [2.24, 2.45) is 0 Å². The Balaban J connectivity index is 3.09. The molecule has 66 valence electrons. The average Bonchev–Trinajstić information content (AvgIpc) is 2.10. The van der Waals surface area contributed by atoms with Crippen LogP contribution >= 0.6 is 0 Å². The van der Waals surface area contributed by atoms with Crippen LogP contribution in [0.3, 0.4) is 0 Å². The van der Waals surface area contributed by atoms with Crippen molar-refractivity contribution in [1.29, 1.82) is 0 Å². The van der Waals surface area contributed by atoms with Gasteiger partial charge in [-0.1, -0.05) is 11.8 Å². The van der Waals surface area contributed by atoms with E-state index < -0.39 is 11.4 Å². The van der Waals surface area contributed by atoms with Crippen molar-refractivity contribution in [3.63, 3.8) is 0 Å². The van der Waals surface area contributed by atoms with Crippen molar-refractivity contribution in [2.75, 3.05) is 0 Å². The van der Waals surface area contributed by atoms with E-state index in [-0.39, 0.29) is 12.0 Å². The summed E-state index contributed by atoms with van der Waals surface area (Å²) in [4.78, 5) is 26.6. The lowest BCUT2D eigenvalue weighted by atomic mass is 10.3. The second-order valence-corrected chi connectivity index (χ2v) is 2.10. The molecule has 0 aliphatic carbocycles. The Bertz CT molecular complexity index is 425. The number of aldehydes is 1. The standard InChI is InChI=1S/C8H6N2O3/c11-4-2-1-3-6-7(12)9-5-10-8(6)13/h4-5H,2H2,(H2,9,10,12,13). The Hall–Kier alpha value is -2.09. The number of carbonyl (C=O) groups excluding carboxylic acids is 1. The van der Waals surface area contributed by atoms with Crippen LogP contribution in [0.25, 0.3) is 0 Å². The molecule has 0 aliphatic rings. The molecule has 1 heterocycles. The molecule has 5 heteroatoms. The van der Waals surface area contributed by atoms with Crippen LogP contribution in [0, 0.1) is 11.8 Å². The minimum absolute atomic E-state index is 0.0216. The van der Waals surface area contributed by atoms with Crippen molar-refractivity contribution in [3.05, 3.63) is 22.2 Å². The van der Waals surface area contributed by atoms with Crippen LogP contribution in [-0.4, -0.2) is 21.4 Å². The van der Waals surface area contributed by atoms with Crippen LogP contribution < -0.4 is 5.56 Å². The molecule has 1 aromatic rings. The molecule has 1 aromatic heterocycles. The van der Waals surface area contributed by atoms with E-state index in [0.717, 1.165) is 6.33 Å². The van der Waals surface area contributed by atoms with Gasteiger partial charge in [-0.05, 0) is 0 Å².